The molecule has 2 aromatic heterocycles. The fraction of sp³-hybridized carbons (Fsp3) is 0.318. The molecule has 0 aliphatic carbocycles. The lowest BCUT2D eigenvalue weighted by Crippen LogP contribution is -2.48. The number of benzene rings is 1. The fourth-order valence-corrected chi connectivity index (χ4v) is 3.72. The third-order valence-corrected chi connectivity index (χ3v) is 5.39. The molecular weight excluding hydrogens is 393 g/mol. The number of aromatic nitrogens is 1. The van der Waals surface area contributed by atoms with Crippen molar-refractivity contribution in [3.8, 4) is 0 Å². The van der Waals surface area contributed by atoms with Gasteiger partial charge in [0.1, 0.15) is 0 Å². The minimum atomic E-state index is -4.33. The first kappa shape index (κ1) is 20.3. The Balaban J connectivity index is 1.25. The van der Waals surface area contributed by atoms with Gasteiger partial charge in [0.25, 0.3) is 5.91 Å². The molecule has 3 heterocycles. The Labute approximate surface area is 172 Å². The number of nitrogens with one attached hydrogen (secondary N) is 1. The van der Waals surface area contributed by atoms with Crippen molar-refractivity contribution < 1.29 is 18.0 Å². The number of alkyl halides is 3. The van der Waals surface area contributed by atoms with Gasteiger partial charge in [0, 0.05) is 62.9 Å². The van der Waals surface area contributed by atoms with E-state index in [1.165, 1.54) is 12.1 Å². The smallest absolute Gasteiger partial charge is 0.369 e. The van der Waals surface area contributed by atoms with Gasteiger partial charge >= 0.3 is 6.18 Å². The third-order valence-electron chi connectivity index (χ3n) is 5.39. The van der Waals surface area contributed by atoms with Crippen molar-refractivity contribution in [2.45, 2.75) is 6.18 Å². The van der Waals surface area contributed by atoms with Gasteiger partial charge in [0.15, 0.2) is 0 Å². The number of fused-ring (bicyclic) bond motifs is 1. The molecule has 8 heteroatoms. The number of carbonyl (C=O) groups excluding carboxylic acids is 1. The second-order valence-corrected chi connectivity index (χ2v) is 7.39. The van der Waals surface area contributed by atoms with Gasteiger partial charge in [-0.3, -0.25) is 9.69 Å². The van der Waals surface area contributed by atoms with Gasteiger partial charge in [-0.2, -0.15) is 13.2 Å². The Morgan fingerprint density at radius 2 is 1.80 bits per heavy atom. The predicted molar refractivity (Wildman–Crippen MR) is 110 cm³/mol. The minimum absolute atomic E-state index is 0.110. The summed E-state index contributed by atoms with van der Waals surface area (Å²) >= 11 is 0. The van der Waals surface area contributed by atoms with E-state index in [9.17, 15) is 18.0 Å². The zero-order chi connectivity index (χ0) is 21.1. The van der Waals surface area contributed by atoms with Crippen molar-refractivity contribution in [2.24, 2.45) is 0 Å². The summed E-state index contributed by atoms with van der Waals surface area (Å²) in [6.45, 7) is 4.01. The maximum atomic E-state index is 12.9. The molecule has 0 unspecified atom stereocenters. The first-order valence-electron chi connectivity index (χ1n) is 9.90. The summed E-state index contributed by atoms with van der Waals surface area (Å²) in [6, 6.07) is 13.1. The highest BCUT2D eigenvalue weighted by atomic mass is 19.4. The van der Waals surface area contributed by atoms with Crippen LogP contribution in [0.5, 0.6) is 0 Å². The Bertz CT molecular complexity index is 989. The molecule has 3 aromatic rings. The second-order valence-electron chi connectivity index (χ2n) is 7.39. The lowest BCUT2D eigenvalue weighted by Gasteiger charge is -2.36. The van der Waals surface area contributed by atoms with Crippen LogP contribution in [-0.2, 0) is 6.18 Å². The molecule has 158 valence electrons. The number of carbonyl (C=O) groups is 1. The van der Waals surface area contributed by atoms with Crippen LogP contribution in [0.4, 0.5) is 18.9 Å². The molecule has 30 heavy (non-hydrogen) atoms. The summed E-state index contributed by atoms with van der Waals surface area (Å²) in [5.41, 5.74) is 1.56. The maximum Gasteiger partial charge on any atom is 0.416 e. The SMILES string of the molecule is O=C(NCCN1CCN(c2cccc(C(F)(F)F)c2)CC1)c1cc2ccccn2c1. The Kier molecular flexibility index (Phi) is 5.67. The van der Waals surface area contributed by atoms with E-state index >= 15 is 0 Å². The molecule has 1 aliphatic rings. The van der Waals surface area contributed by atoms with Crippen LogP contribution >= 0.6 is 0 Å². The largest absolute Gasteiger partial charge is 0.416 e. The van der Waals surface area contributed by atoms with Gasteiger partial charge in [-0.1, -0.05) is 12.1 Å². The molecule has 5 nitrogen and oxygen atoms in total. The zero-order valence-electron chi connectivity index (χ0n) is 16.4. The second kappa shape index (κ2) is 8.39. The van der Waals surface area contributed by atoms with Crippen molar-refractivity contribution in [3.63, 3.8) is 0 Å². The van der Waals surface area contributed by atoms with E-state index < -0.39 is 11.7 Å². The molecule has 1 saturated heterocycles. The number of piperazine rings is 1. The molecule has 0 saturated carbocycles. The summed E-state index contributed by atoms with van der Waals surface area (Å²) in [6.07, 6.45) is -0.628. The van der Waals surface area contributed by atoms with E-state index in [1.54, 1.807) is 12.3 Å². The van der Waals surface area contributed by atoms with Crippen LogP contribution in [0.15, 0.2) is 60.9 Å². The molecular formula is C22H23F3N4O. The van der Waals surface area contributed by atoms with Crippen LogP contribution in [0, 0.1) is 0 Å². The van der Waals surface area contributed by atoms with E-state index in [2.05, 4.69) is 10.2 Å². The number of halogens is 3. The number of hydrogen-bond donors (Lipinski definition) is 1. The Morgan fingerprint density at radius 1 is 1.00 bits per heavy atom. The molecule has 0 atom stereocenters. The highest BCUT2D eigenvalue weighted by Gasteiger charge is 2.31. The zero-order valence-corrected chi connectivity index (χ0v) is 16.4. The molecule has 1 N–H and O–H groups in total. The lowest BCUT2D eigenvalue weighted by atomic mass is 10.1. The fourth-order valence-electron chi connectivity index (χ4n) is 3.72. The monoisotopic (exact) mass is 416 g/mol. The molecule has 1 aliphatic heterocycles. The predicted octanol–water partition coefficient (Wildman–Crippen LogP) is 3.51. The number of rotatable bonds is 5. The maximum absolute atomic E-state index is 12.9. The molecule has 0 spiro atoms. The third kappa shape index (κ3) is 4.59. The number of pyridine rings is 1. The van der Waals surface area contributed by atoms with E-state index in [0.717, 1.165) is 24.7 Å². The molecule has 4 rings (SSSR count). The van der Waals surface area contributed by atoms with Crippen molar-refractivity contribution in [2.75, 3.05) is 44.2 Å². The highest BCUT2D eigenvalue weighted by molar-refractivity contribution is 5.95. The van der Waals surface area contributed by atoms with Crippen LogP contribution < -0.4 is 10.2 Å². The molecule has 0 radical (unpaired) electrons. The molecule has 1 aromatic carbocycles. The van der Waals surface area contributed by atoms with Gasteiger partial charge in [-0.05, 0) is 36.4 Å². The molecule has 1 amide bonds. The average molecular weight is 416 g/mol. The summed E-state index contributed by atoms with van der Waals surface area (Å²) < 4.78 is 40.7. The van der Waals surface area contributed by atoms with Crippen LogP contribution in [-0.4, -0.2) is 54.5 Å². The first-order chi connectivity index (χ1) is 14.4. The van der Waals surface area contributed by atoms with Crippen LogP contribution in [0.1, 0.15) is 15.9 Å². The number of nitrogens with zero attached hydrogens (tertiary/aromatic N) is 3. The summed E-state index contributed by atoms with van der Waals surface area (Å²) in [5.74, 6) is -0.110. The Hall–Kier alpha value is -3.00. The van der Waals surface area contributed by atoms with Crippen LogP contribution in [0.25, 0.3) is 5.52 Å². The van der Waals surface area contributed by atoms with Gasteiger partial charge in [0.05, 0.1) is 11.1 Å². The van der Waals surface area contributed by atoms with E-state index in [1.807, 2.05) is 39.8 Å². The van der Waals surface area contributed by atoms with Crippen molar-refractivity contribution in [1.82, 2.24) is 14.6 Å². The van der Waals surface area contributed by atoms with Gasteiger partial charge in [-0.25, -0.2) is 0 Å². The lowest BCUT2D eigenvalue weighted by molar-refractivity contribution is -0.137. The van der Waals surface area contributed by atoms with Crippen molar-refractivity contribution >= 4 is 17.1 Å². The minimum Gasteiger partial charge on any atom is -0.369 e. The van der Waals surface area contributed by atoms with E-state index in [4.69, 9.17) is 0 Å². The molecule has 1 fully saturated rings. The van der Waals surface area contributed by atoms with Crippen molar-refractivity contribution in [1.29, 1.82) is 0 Å². The number of hydrogen-bond acceptors (Lipinski definition) is 3. The van der Waals surface area contributed by atoms with Crippen molar-refractivity contribution in [3.05, 3.63) is 72.1 Å². The topological polar surface area (TPSA) is 40.0 Å². The average Bonchev–Trinajstić information content (AvgIpc) is 3.18. The molecule has 0 bridgehead atoms. The number of anilines is 1. The number of amides is 1. The summed E-state index contributed by atoms with van der Waals surface area (Å²) in [4.78, 5) is 16.5. The van der Waals surface area contributed by atoms with Gasteiger partial charge in [0.2, 0.25) is 0 Å². The summed E-state index contributed by atoms with van der Waals surface area (Å²) in [7, 11) is 0. The van der Waals surface area contributed by atoms with Crippen LogP contribution in [0.3, 0.4) is 0 Å². The normalized spacial score (nSPS) is 15.5. The standard InChI is InChI=1S/C22H23F3N4O/c23-22(24,25)18-4-3-6-20(15-18)28-12-10-27(11-13-28)9-7-26-21(30)17-14-19-5-1-2-8-29(19)16-17/h1-6,8,14-16H,7,9-13H2,(H,26,30). The van der Waals surface area contributed by atoms with Crippen LogP contribution in [0.2, 0.25) is 0 Å². The summed E-state index contributed by atoms with van der Waals surface area (Å²) in [5, 5.41) is 2.94. The van der Waals surface area contributed by atoms with E-state index in [-0.39, 0.29) is 5.91 Å². The van der Waals surface area contributed by atoms with Gasteiger partial charge in [-0.15, -0.1) is 0 Å². The highest BCUT2D eigenvalue weighted by Crippen LogP contribution is 2.31. The first-order valence-corrected chi connectivity index (χ1v) is 9.90. The Morgan fingerprint density at radius 3 is 2.53 bits per heavy atom. The van der Waals surface area contributed by atoms with E-state index in [0.29, 0.717) is 37.4 Å². The van der Waals surface area contributed by atoms with Gasteiger partial charge < -0.3 is 14.6 Å². The quantitative estimate of drug-likeness (QED) is 0.692.